The molecule has 0 amide bonds. The zero-order chi connectivity index (χ0) is 35.8. The molecule has 0 saturated carbocycles. The van der Waals surface area contributed by atoms with Crippen molar-refractivity contribution in [2.75, 3.05) is 69.3 Å². The molecule has 272 valence electrons. The standard InChI is InChI=1S/C17H20FN3O3.C16H18FN3O3.I2.HI/c1-3-20-10-12(17(23)24-2)16(22)11-8-13(18)15(9-14(11)20)21-6-4-19-5-7-21;1-2-19-9-11(16(22)23)15(21)10-7-12(17)14(8-13(10)19)20-5-3-18-4-6-20;1-2;/h8-10,19H,3-7H2,1-2H3;7-9,18H,2-6H2,1H3,(H,22,23);;1H/p+1. The van der Waals surface area contributed by atoms with Gasteiger partial charge in [-0.2, -0.15) is 0 Å². The number of ether oxygens (including phenoxy) is 1. The molecule has 4 heterocycles. The van der Waals surface area contributed by atoms with Crippen molar-refractivity contribution in [3.05, 3.63) is 79.9 Å². The molecule has 0 atom stereocenters. The SMILES string of the molecule is CCn1cc(C(=O)OC)c(=O)c2cc(F)c(N3CC[NH2+]CC3)cc21.CCn1cc(C(=O)[O-])c(=O)c2cc(F)c(N3CC[NH2+]CC3)cc21.I.II. The van der Waals surface area contributed by atoms with E-state index in [0.29, 0.717) is 35.5 Å². The van der Waals surface area contributed by atoms with Crippen LogP contribution in [0.3, 0.4) is 0 Å². The number of aromatic carboxylic acids is 1. The summed E-state index contributed by atoms with van der Waals surface area (Å²) in [4.78, 5) is 51.6. The highest BCUT2D eigenvalue weighted by molar-refractivity contribution is 15.0. The van der Waals surface area contributed by atoms with Gasteiger partial charge in [0.25, 0.3) is 0 Å². The molecule has 4 aromatic rings. The number of carboxylic acids is 1. The van der Waals surface area contributed by atoms with Gasteiger partial charge < -0.3 is 44.2 Å². The molecule has 6 rings (SSSR count). The maximum Gasteiger partial charge on any atom is 0.343 e. The lowest BCUT2D eigenvalue weighted by Crippen LogP contribution is -2.89. The maximum atomic E-state index is 14.6. The Morgan fingerprint density at radius 3 is 1.50 bits per heavy atom. The number of halogens is 5. The van der Waals surface area contributed by atoms with E-state index in [9.17, 15) is 33.1 Å². The molecule has 2 aliphatic heterocycles. The topological polar surface area (TPSA) is 150 Å². The van der Waals surface area contributed by atoms with Crippen molar-refractivity contribution in [1.82, 2.24) is 9.13 Å². The van der Waals surface area contributed by atoms with E-state index in [-0.39, 0.29) is 40.3 Å². The number of rotatable bonds is 6. The number of benzene rings is 2. The minimum atomic E-state index is -1.55. The number of carboxylic acid groups (broad SMARTS) is 1. The molecular formula is C33H40F2I3N6O6+. The molecule has 0 radical (unpaired) electrons. The lowest BCUT2D eigenvalue weighted by molar-refractivity contribution is -0.655. The number of methoxy groups -OCH3 is 1. The Bertz CT molecular complexity index is 1960. The first-order valence-corrected chi connectivity index (χ1v) is 22.2. The molecular weight excluding hydrogens is 995 g/mol. The molecule has 2 fully saturated rings. The van der Waals surface area contributed by atoms with Gasteiger partial charge in [-0.3, -0.25) is 9.59 Å². The highest BCUT2D eigenvalue weighted by atomic mass is 128. The van der Waals surface area contributed by atoms with Gasteiger partial charge in [0.05, 0.1) is 93.4 Å². The summed E-state index contributed by atoms with van der Waals surface area (Å²) in [5.41, 5.74) is 0.387. The minimum Gasteiger partial charge on any atom is -0.545 e. The van der Waals surface area contributed by atoms with E-state index in [1.165, 1.54) is 25.6 Å². The molecule has 2 aromatic carbocycles. The van der Waals surface area contributed by atoms with Crippen molar-refractivity contribution in [2.45, 2.75) is 26.9 Å². The van der Waals surface area contributed by atoms with Crippen LogP contribution in [0.4, 0.5) is 20.2 Å². The van der Waals surface area contributed by atoms with Gasteiger partial charge >= 0.3 is 5.97 Å². The zero-order valence-corrected chi connectivity index (χ0v) is 34.5. The van der Waals surface area contributed by atoms with Gasteiger partial charge in [-0.1, -0.05) is 0 Å². The summed E-state index contributed by atoms with van der Waals surface area (Å²) in [6.45, 7) is 11.4. The van der Waals surface area contributed by atoms with Gasteiger partial charge in [-0.15, -0.1) is 24.0 Å². The Morgan fingerprint density at radius 2 is 1.14 bits per heavy atom. The van der Waals surface area contributed by atoms with Crippen molar-refractivity contribution >= 4 is 106 Å². The van der Waals surface area contributed by atoms with E-state index in [1.807, 2.05) is 23.6 Å². The van der Waals surface area contributed by atoms with Crippen LogP contribution in [0.2, 0.25) is 0 Å². The number of carbonyl (C=O) groups excluding carboxylic acids is 2. The molecule has 0 spiro atoms. The third-order valence-electron chi connectivity index (χ3n) is 8.70. The van der Waals surface area contributed by atoms with Crippen molar-refractivity contribution in [2.24, 2.45) is 0 Å². The van der Waals surface area contributed by atoms with E-state index in [4.69, 9.17) is 0 Å². The van der Waals surface area contributed by atoms with Crippen molar-refractivity contribution in [1.29, 1.82) is 0 Å². The number of nitrogens with zero attached hydrogens (tertiary/aromatic N) is 4. The Hall–Kier alpha value is -2.63. The first-order chi connectivity index (χ1) is 23.6. The van der Waals surface area contributed by atoms with Gasteiger partial charge in [-0.05, 0) is 38.1 Å². The van der Waals surface area contributed by atoms with Crippen LogP contribution in [0.5, 0.6) is 0 Å². The smallest absolute Gasteiger partial charge is 0.343 e. The fourth-order valence-corrected chi connectivity index (χ4v) is 6.19. The van der Waals surface area contributed by atoms with Gasteiger partial charge in [-0.25, -0.2) is 13.6 Å². The Balaban J connectivity index is 0.000000253. The number of hydrogen-bond acceptors (Lipinski definition) is 8. The molecule has 0 aliphatic carbocycles. The van der Waals surface area contributed by atoms with Crippen LogP contribution in [-0.2, 0) is 17.8 Å². The fraction of sp³-hybridized carbons (Fsp3) is 0.394. The molecule has 2 saturated heterocycles. The highest BCUT2D eigenvalue weighted by Crippen LogP contribution is 2.27. The number of nitrogens with two attached hydrogens (primary N) is 2. The Labute approximate surface area is 327 Å². The normalized spacial score (nSPS) is 14.2. The van der Waals surface area contributed by atoms with E-state index in [2.05, 4.69) is 52.6 Å². The van der Waals surface area contributed by atoms with Crippen LogP contribution in [-0.4, -0.2) is 80.5 Å². The van der Waals surface area contributed by atoms with Gasteiger partial charge in [0.1, 0.15) is 17.2 Å². The number of aromatic nitrogens is 2. The fourth-order valence-electron chi connectivity index (χ4n) is 6.19. The second kappa shape index (κ2) is 19.3. The highest BCUT2D eigenvalue weighted by Gasteiger charge is 2.22. The van der Waals surface area contributed by atoms with E-state index < -0.39 is 40.0 Å². The number of fused-ring (bicyclic) bond motifs is 2. The monoisotopic (exact) mass is 1040 g/mol. The van der Waals surface area contributed by atoms with Crippen LogP contribution in [0.15, 0.2) is 46.2 Å². The van der Waals surface area contributed by atoms with Crippen LogP contribution < -0.4 is 36.4 Å². The number of anilines is 2. The molecule has 50 heavy (non-hydrogen) atoms. The quantitative estimate of drug-likeness (QED) is 0.219. The van der Waals surface area contributed by atoms with Crippen molar-refractivity contribution in [3.63, 3.8) is 0 Å². The second-order valence-corrected chi connectivity index (χ2v) is 11.4. The number of pyridine rings is 2. The molecule has 12 nitrogen and oxygen atoms in total. The Morgan fingerprint density at radius 1 is 0.760 bits per heavy atom. The van der Waals surface area contributed by atoms with Crippen LogP contribution in [0, 0.1) is 11.6 Å². The second-order valence-electron chi connectivity index (χ2n) is 11.4. The van der Waals surface area contributed by atoms with Crippen molar-refractivity contribution < 1.29 is 38.8 Å². The average Bonchev–Trinajstić information content (AvgIpc) is 3.13. The van der Waals surface area contributed by atoms with E-state index in [0.717, 1.165) is 58.4 Å². The van der Waals surface area contributed by atoms with E-state index >= 15 is 0 Å². The van der Waals surface area contributed by atoms with Crippen molar-refractivity contribution in [3.8, 4) is 0 Å². The first kappa shape index (κ1) is 41.8. The molecule has 0 unspecified atom stereocenters. The number of hydrogen-bond donors (Lipinski definition) is 2. The lowest BCUT2D eigenvalue weighted by atomic mass is 10.1. The Kier molecular flexibility index (Phi) is 16.1. The summed E-state index contributed by atoms with van der Waals surface area (Å²) >= 11 is 4.24. The predicted octanol–water partition coefficient (Wildman–Crippen LogP) is 1.63. The van der Waals surface area contributed by atoms with Crippen LogP contribution in [0.1, 0.15) is 34.6 Å². The van der Waals surface area contributed by atoms with Gasteiger partial charge in [0.15, 0.2) is 5.43 Å². The number of carbonyl (C=O) groups is 2. The molecule has 0 bridgehead atoms. The van der Waals surface area contributed by atoms with Crippen LogP contribution in [0.25, 0.3) is 21.8 Å². The minimum absolute atomic E-state index is 0. The summed E-state index contributed by atoms with van der Waals surface area (Å²) in [6.07, 6.45) is 2.76. The maximum absolute atomic E-state index is 14.6. The summed E-state index contributed by atoms with van der Waals surface area (Å²) in [7, 11) is 1.22. The predicted molar refractivity (Wildman–Crippen MR) is 215 cm³/mol. The number of quaternary nitrogens is 2. The third kappa shape index (κ3) is 9.05. The first-order valence-electron chi connectivity index (χ1n) is 15.9. The van der Waals surface area contributed by atoms with Gasteiger partial charge in [0.2, 0.25) is 5.43 Å². The summed E-state index contributed by atoms with van der Waals surface area (Å²) in [5, 5.41) is 15.7. The average molecular weight is 1040 g/mol. The number of piperazine rings is 2. The zero-order valence-electron chi connectivity index (χ0n) is 27.8. The number of aryl methyl sites for hydroxylation is 2. The third-order valence-corrected chi connectivity index (χ3v) is 8.70. The largest absolute Gasteiger partial charge is 0.545 e. The number of esters is 1. The van der Waals surface area contributed by atoms with Gasteiger partial charge in [0, 0.05) is 73.5 Å². The van der Waals surface area contributed by atoms with Crippen LogP contribution >= 0.6 is 61.2 Å². The summed E-state index contributed by atoms with van der Waals surface area (Å²) in [5.74, 6) is -3.20. The molecule has 2 aliphatic rings. The summed E-state index contributed by atoms with van der Waals surface area (Å²) in [6, 6.07) is 5.73. The van der Waals surface area contributed by atoms with E-state index in [1.54, 1.807) is 21.3 Å². The summed E-state index contributed by atoms with van der Waals surface area (Å²) < 4.78 is 37.2. The molecule has 17 heteroatoms. The molecule has 2 aromatic heterocycles. The molecule has 4 N–H and O–H groups in total. The lowest BCUT2D eigenvalue weighted by Gasteiger charge is -2.28.